The predicted octanol–water partition coefficient (Wildman–Crippen LogP) is 0.454. The molecule has 0 aromatic heterocycles. The van der Waals surface area contributed by atoms with E-state index in [0.717, 1.165) is 0 Å². The maximum Gasteiger partial charge on any atom is 0.507 e. The molecular weight excluding hydrogens is 194 g/mol. The summed E-state index contributed by atoms with van der Waals surface area (Å²) < 4.78 is 8.94. The quantitative estimate of drug-likeness (QED) is 0.562. The van der Waals surface area contributed by atoms with Gasteiger partial charge in [-0.25, -0.2) is 9.59 Å². The van der Waals surface area contributed by atoms with E-state index in [-0.39, 0.29) is 6.54 Å². The Balaban J connectivity index is 2.24. The Bertz CT molecular complexity index is 198. The molecule has 1 rings (SSSR count). The fourth-order valence-corrected chi connectivity index (χ4v) is 1.27. The number of hydrogen-bond donors (Lipinski definition) is 3. The van der Waals surface area contributed by atoms with Gasteiger partial charge in [-0.2, -0.15) is 0 Å². The molecule has 0 aromatic carbocycles. The molecule has 2 atom stereocenters. The van der Waals surface area contributed by atoms with Gasteiger partial charge in [-0.1, -0.05) is 0 Å². The number of hydrogen-bond acceptors (Lipinski definition) is 5. The Morgan fingerprint density at radius 1 is 1.14 bits per heavy atom. The second-order valence-electron chi connectivity index (χ2n) is 2.86. The van der Waals surface area contributed by atoms with Crippen LogP contribution in [0.3, 0.4) is 0 Å². The maximum absolute atomic E-state index is 10.2. The number of rotatable bonds is 2. The van der Waals surface area contributed by atoms with Gasteiger partial charge in [-0.15, -0.1) is 0 Å². The third-order valence-corrected chi connectivity index (χ3v) is 1.83. The zero-order valence-electron chi connectivity index (χ0n) is 7.30. The van der Waals surface area contributed by atoms with E-state index in [1.54, 1.807) is 0 Å². The van der Waals surface area contributed by atoms with Crippen LogP contribution in [0.15, 0.2) is 0 Å². The van der Waals surface area contributed by atoms with Crippen molar-refractivity contribution in [1.82, 2.24) is 5.32 Å². The monoisotopic (exact) mass is 205 g/mol. The van der Waals surface area contributed by atoms with Gasteiger partial charge in [-0.05, 0) is 6.42 Å². The summed E-state index contributed by atoms with van der Waals surface area (Å²) in [6, 6.07) is 0. The van der Waals surface area contributed by atoms with Crippen molar-refractivity contribution in [3.8, 4) is 0 Å². The second-order valence-corrected chi connectivity index (χ2v) is 2.86. The van der Waals surface area contributed by atoms with Crippen LogP contribution < -0.4 is 5.32 Å². The molecule has 0 saturated carbocycles. The van der Waals surface area contributed by atoms with Crippen LogP contribution in [0.2, 0.25) is 0 Å². The van der Waals surface area contributed by atoms with Crippen LogP contribution in [0.1, 0.15) is 12.8 Å². The van der Waals surface area contributed by atoms with E-state index in [9.17, 15) is 9.59 Å². The Morgan fingerprint density at radius 3 is 2.21 bits per heavy atom. The van der Waals surface area contributed by atoms with E-state index in [2.05, 4.69) is 14.8 Å². The molecule has 7 heteroatoms. The van der Waals surface area contributed by atoms with Crippen LogP contribution in [0.25, 0.3) is 0 Å². The number of carboxylic acid groups (broad SMARTS) is 2. The van der Waals surface area contributed by atoms with E-state index in [4.69, 9.17) is 10.2 Å². The lowest BCUT2D eigenvalue weighted by atomic mass is 10.1. The Morgan fingerprint density at radius 2 is 1.79 bits per heavy atom. The first-order valence-electron chi connectivity index (χ1n) is 4.10. The van der Waals surface area contributed by atoms with Crippen molar-refractivity contribution in [2.75, 3.05) is 6.54 Å². The highest BCUT2D eigenvalue weighted by Gasteiger charge is 2.25. The van der Waals surface area contributed by atoms with Crippen LogP contribution in [0.5, 0.6) is 0 Å². The SMILES string of the molecule is O=C(O)OC1CCC(OC(=O)O)NC1. The number of nitrogens with one attached hydrogen (secondary N) is 1. The molecule has 0 aromatic rings. The predicted molar refractivity (Wildman–Crippen MR) is 43.0 cm³/mol. The van der Waals surface area contributed by atoms with Crippen LogP contribution in [-0.2, 0) is 9.47 Å². The van der Waals surface area contributed by atoms with Gasteiger partial charge in [-0.3, -0.25) is 5.32 Å². The maximum atomic E-state index is 10.2. The zero-order chi connectivity index (χ0) is 10.6. The largest absolute Gasteiger partial charge is 0.507 e. The molecule has 7 nitrogen and oxygen atoms in total. The average molecular weight is 205 g/mol. The smallest absolute Gasteiger partial charge is 0.450 e. The number of carbonyl (C=O) groups is 2. The van der Waals surface area contributed by atoms with Gasteiger partial charge in [0.05, 0.1) is 0 Å². The van der Waals surface area contributed by atoms with Gasteiger partial charge in [0.2, 0.25) is 0 Å². The molecular formula is C7H11NO6. The molecule has 80 valence electrons. The Hall–Kier alpha value is -1.50. The first kappa shape index (κ1) is 10.6. The van der Waals surface area contributed by atoms with Gasteiger partial charge in [0.25, 0.3) is 0 Å². The van der Waals surface area contributed by atoms with Gasteiger partial charge in [0.15, 0.2) is 6.23 Å². The van der Waals surface area contributed by atoms with Crippen LogP contribution in [0, 0.1) is 0 Å². The molecule has 3 N–H and O–H groups in total. The minimum Gasteiger partial charge on any atom is -0.450 e. The molecule has 0 bridgehead atoms. The van der Waals surface area contributed by atoms with Crippen molar-refractivity contribution in [3.63, 3.8) is 0 Å². The normalized spacial score (nSPS) is 26.6. The highest BCUT2D eigenvalue weighted by atomic mass is 16.7. The summed E-state index contributed by atoms with van der Waals surface area (Å²) in [5.74, 6) is 0. The van der Waals surface area contributed by atoms with Crippen LogP contribution in [-0.4, -0.2) is 41.4 Å². The summed E-state index contributed by atoms with van der Waals surface area (Å²) in [6.45, 7) is 0.268. The summed E-state index contributed by atoms with van der Waals surface area (Å²) >= 11 is 0. The van der Waals surface area contributed by atoms with E-state index in [1.807, 2.05) is 0 Å². The minimum atomic E-state index is -1.35. The second kappa shape index (κ2) is 4.66. The lowest BCUT2D eigenvalue weighted by Crippen LogP contribution is -2.45. The highest BCUT2D eigenvalue weighted by molar-refractivity contribution is 5.57. The fraction of sp³-hybridized carbons (Fsp3) is 0.714. The van der Waals surface area contributed by atoms with E-state index in [0.29, 0.717) is 12.8 Å². The number of ether oxygens (including phenoxy) is 2. The molecule has 0 amide bonds. The summed E-state index contributed by atoms with van der Waals surface area (Å²) in [7, 11) is 0. The third-order valence-electron chi connectivity index (χ3n) is 1.83. The molecule has 2 unspecified atom stereocenters. The molecule has 0 aliphatic carbocycles. The van der Waals surface area contributed by atoms with Crippen molar-refractivity contribution in [2.45, 2.75) is 25.2 Å². The standard InChI is InChI=1S/C7H11NO6/c9-6(10)13-4-1-2-5(8-3-4)14-7(11)12/h4-5,8H,1-3H2,(H,9,10)(H,11,12). The van der Waals surface area contributed by atoms with Crippen molar-refractivity contribution < 1.29 is 29.3 Å². The first-order chi connectivity index (χ1) is 6.58. The molecule has 0 radical (unpaired) electrons. The molecule has 1 heterocycles. The number of piperidine rings is 1. The Labute approximate surface area is 79.6 Å². The first-order valence-corrected chi connectivity index (χ1v) is 4.10. The third kappa shape index (κ3) is 3.48. The van der Waals surface area contributed by atoms with E-state index in [1.165, 1.54) is 0 Å². The van der Waals surface area contributed by atoms with Gasteiger partial charge in [0.1, 0.15) is 6.10 Å². The topological polar surface area (TPSA) is 105 Å². The summed E-state index contributed by atoms with van der Waals surface area (Å²) in [4.78, 5) is 20.3. The summed E-state index contributed by atoms with van der Waals surface area (Å²) in [5.41, 5.74) is 0. The van der Waals surface area contributed by atoms with Crippen molar-refractivity contribution in [3.05, 3.63) is 0 Å². The van der Waals surface area contributed by atoms with Gasteiger partial charge >= 0.3 is 12.3 Å². The van der Waals surface area contributed by atoms with Crippen molar-refractivity contribution >= 4 is 12.3 Å². The summed E-state index contributed by atoms with van der Waals surface area (Å²) in [5, 5.41) is 19.3. The molecule has 1 aliphatic heterocycles. The van der Waals surface area contributed by atoms with E-state index >= 15 is 0 Å². The summed E-state index contributed by atoms with van der Waals surface area (Å²) in [6.07, 6.45) is -2.81. The van der Waals surface area contributed by atoms with E-state index < -0.39 is 24.6 Å². The molecule has 1 saturated heterocycles. The molecule has 14 heavy (non-hydrogen) atoms. The minimum absolute atomic E-state index is 0.268. The molecule has 1 aliphatic rings. The fourth-order valence-electron chi connectivity index (χ4n) is 1.27. The van der Waals surface area contributed by atoms with Crippen molar-refractivity contribution in [1.29, 1.82) is 0 Å². The Kier molecular flexibility index (Phi) is 3.52. The average Bonchev–Trinajstić information content (AvgIpc) is 2.06. The molecule has 0 spiro atoms. The van der Waals surface area contributed by atoms with Gasteiger partial charge < -0.3 is 19.7 Å². The van der Waals surface area contributed by atoms with Crippen LogP contribution in [0.4, 0.5) is 9.59 Å². The molecule has 1 fully saturated rings. The lowest BCUT2D eigenvalue weighted by molar-refractivity contribution is -0.0151. The highest BCUT2D eigenvalue weighted by Crippen LogP contribution is 2.12. The van der Waals surface area contributed by atoms with Crippen LogP contribution >= 0.6 is 0 Å². The van der Waals surface area contributed by atoms with Gasteiger partial charge in [0, 0.05) is 13.0 Å². The lowest BCUT2D eigenvalue weighted by Gasteiger charge is -2.27. The van der Waals surface area contributed by atoms with Crippen molar-refractivity contribution in [2.24, 2.45) is 0 Å². The zero-order valence-corrected chi connectivity index (χ0v) is 7.30.